The summed E-state index contributed by atoms with van der Waals surface area (Å²) < 4.78 is 0. The SMILES string of the molecule is OCCN(c1ncccn1)C1CCC1. The second-order valence-electron chi connectivity index (χ2n) is 3.55. The van der Waals surface area contributed by atoms with Gasteiger partial charge in [-0.3, -0.25) is 0 Å². The van der Waals surface area contributed by atoms with Crippen molar-refractivity contribution in [1.82, 2.24) is 9.97 Å². The Kier molecular flexibility index (Phi) is 2.93. The average molecular weight is 193 g/mol. The molecule has 0 amide bonds. The van der Waals surface area contributed by atoms with Gasteiger partial charge in [-0.15, -0.1) is 0 Å². The van der Waals surface area contributed by atoms with Gasteiger partial charge in [-0.05, 0) is 25.3 Å². The van der Waals surface area contributed by atoms with Gasteiger partial charge < -0.3 is 10.0 Å². The molecule has 1 aliphatic rings. The molecule has 14 heavy (non-hydrogen) atoms. The lowest BCUT2D eigenvalue weighted by atomic mass is 9.92. The quantitative estimate of drug-likeness (QED) is 0.769. The van der Waals surface area contributed by atoms with Crippen LogP contribution in [-0.2, 0) is 0 Å². The molecule has 1 N–H and O–H groups in total. The molecule has 0 saturated heterocycles. The molecule has 1 heterocycles. The van der Waals surface area contributed by atoms with E-state index in [9.17, 15) is 0 Å². The normalized spacial score (nSPS) is 16.4. The average Bonchev–Trinajstić information content (AvgIpc) is 2.16. The molecule has 1 aromatic heterocycles. The van der Waals surface area contributed by atoms with Crippen molar-refractivity contribution in [3.05, 3.63) is 18.5 Å². The van der Waals surface area contributed by atoms with Gasteiger partial charge in [-0.25, -0.2) is 9.97 Å². The van der Waals surface area contributed by atoms with E-state index in [2.05, 4.69) is 14.9 Å². The zero-order valence-electron chi connectivity index (χ0n) is 8.13. The van der Waals surface area contributed by atoms with Crippen LogP contribution < -0.4 is 4.90 Å². The first-order chi connectivity index (χ1) is 6.92. The van der Waals surface area contributed by atoms with E-state index in [0.717, 1.165) is 5.95 Å². The molecule has 76 valence electrons. The van der Waals surface area contributed by atoms with Crippen LogP contribution in [0.3, 0.4) is 0 Å². The van der Waals surface area contributed by atoms with E-state index >= 15 is 0 Å². The highest BCUT2D eigenvalue weighted by Gasteiger charge is 2.25. The van der Waals surface area contributed by atoms with E-state index in [-0.39, 0.29) is 6.61 Å². The summed E-state index contributed by atoms with van der Waals surface area (Å²) in [6.45, 7) is 0.795. The molecule has 0 aliphatic heterocycles. The van der Waals surface area contributed by atoms with Crippen molar-refractivity contribution in [1.29, 1.82) is 0 Å². The van der Waals surface area contributed by atoms with E-state index in [1.54, 1.807) is 18.5 Å². The van der Waals surface area contributed by atoms with Crippen molar-refractivity contribution < 1.29 is 5.11 Å². The van der Waals surface area contributed by atoms with E-state index in [1.165, 1.54) is 19.3 Å². The molecule has 1 aliphatic carbocycles. The van der Waals surface area contributed by atoms with Crippen LogP contribution in [0, 0.1) is 0 Å². The molecule has 0 aromatic carbocycles. The molecule has 0 unspecified atom stereocenters. The molecule has 0 radical (unpaired) electrons. The number of aliphatic hydroxyl groups excluding tert-OH is 1. The number of hydrogen-bond donors (Lipinski definition) is 1. The smallest absolute Gasteiger partial charge is 0.225 e. The van der Waals surface area contributed by atoms with Crippen molar-refractivity contribution in [3.8, 4) is 0 Å². The maximum Gasteiger partial charge on any atom is 0.225 e. The summed E-state index contributed by atoms with van der Waals surface area (Å²) in [5, 5.41) is 8.97. The monoisotopic (exact) mass is 193 g/mol. The minimum Gasteiger partial charge on any atom is -0.395 e. The first-order valence-corrected chi connectivity index (χ1v) is 5.06. The van der Waals surface area contributed by atoms with Crippen molar-refractivity contribution in [2.75, 3.05) is 18.1 Å². The highest BCUT2D eigenvalue weighted by Crippen LogP contribution is 2.26. The molecule has 2 rings (SSSR count). The second kappa shape index (κ2) is 4.37. The Labute approximate surface area is 83.6 Å². The van der Waals surface area contributed by atoms with E-state index in [1.807, 2.05) is 0 Å². The summed E-state index contributed by atoms with van der Waals surface area (Å²) in [5.74, 6) is 0.742. The third-order valence-corrected chi connectivity index (χ3v) is 2.67. The molecule has 4 nitrogen and oxygen atoms in total. The summed E-state index contributed by atoms with van der Waals surface area (Å²) in [4.78, 5) is 10.5. The van der Waals surface area contributed by atoms with Crippen LogP contribution in [0.4, 0.5) is 5.95 Å². The first kappa shape index (κ1) is 9.40. The molecular formula is C10H15N3O. The fourth-order valence-electron chi connectivity index (χ4n) is 1.69. The van der Waals surface area contributed by atoms with Crippen molar-refractivity contribution in [3.63, 3.8) is 0 Å². The van der Waals surface area contributed by atoms with Crippen LogP contribution in [0.5, 0.6) is 0 Å². The Morgan fingerprint density at radius 2 is 2.07 bits per heavy atom. The Morgan fingerprint density at radius 1 is 1.36 bits per heavy atom. The van der Waals surface area contributed by atoms with Crippen LogP contribution in [0.25, 0.3) is 0 Å². The molecule has 0 spiro atoms. The molecule has 1 aromatic rings. The minimum absolute atomic E-state index is 0.161. The zero-order valence-corrected chi connectivity index (χ0v) is 8.13. The van der Waals surface area contributed by atoms with E-state index < -0.39 is 0 Å². The van der Waals surface area contributed by atoms with E-state index in [0.29, 0.717) is 12.6 Å². The summed E-state index contributed by atoms with van der Waals surface area (Å²) in [6.07, 6.45) is 7.15. The first-order valence-electron chi connectivity index (χ1n) is 5.06. The van der Waals surface area contributed by atoms with Gasteiger partial charge in [0.1, 0.15) is 0 Å². The van der Waals surface area contributed by atoms with Crippen molar-refractivity contribution in [2.24, 2.45) is 0 Å². The fraction of sp³-hybridized carbons (Fsp3) is 0.600. The summed E-state index contributed by atoms with van der Waals surface area (Å²) in [5.41, 5.74) is 0. The maximum absolute atomic E-state index is 8.97. The highest BCUT2D eigenvalue weighted by atomic mass is 16.3. The number of nitrogens with zero attached hydrogens (tertiary/aromatic N) is 3. The van der Waals surface area contributed by atoms with Crippen molar-refractivity contribution in [2.45, 2.75) is 25.3 Å². The Balaban J connectivity index is 2.09. The van der Waals surface area contributed by atoms with Gasteiger partial charge in [0.05, 0.1) is 6.61 Å². The molecule has 0 bridgehead atoms. The van der Waals surface area contributed by atoms with Crippen LogP contribution in [0.2, 0.25) is 0 Å². The third-order valence-electron chi connectivity index (χ3n) is 2.67. The van der Waals surface area contributed by atoms with Crippen molar-refractivity contribution >= 4 is 5.95 Å². The standard InChI is InChI=1S/C10H15N3O/c14-8-7-13(9-3-1-4-9)10-11-5-2-6-12-10/h2,5-6,9,14H,1,3-4,7-8H2. The second-order valence-corrected chi connectivity index (χ2v) is 3.55. The number of aromatic nitrogens is 2. The minimum atomic E-state index is 0.161. The highest BCUT2D eigenvalue weighted by molar-refractivity contribution is 5.31. The fourth-order valence-corrected chi connectivity index (χ4v) is 1.69. The van der Waals surface area contributed by atoms with Crippen LogP contribution in [0.15, 0.2) is 18.5 Å². The molecule has 4 heteroatoms. The Morgan fingerprint density at radius 3 is 2.57 bits per heavy atom. The van der Waals surface area contributed by atoms with Gasteiger partial charge in [-0.1, -0.05) is 0 Å². The predicted molar refractivity (Wildman–Crippen MR) is 54.1 cm³/mol. The van der Waals surface area contributed by atoms with Gasteiger partial charge in [-0.2, -0.15) is 0 Å². The van der Waals surface area contributed by atoms with Gasteiger partial charge in [0.25, 0.3) is 0 Å². The van der Waals surface area contributed by atoms with Crippen LogP contribution in [0.1, 0.15) is 19.3 Å². The topological polar surface area (TPSA) is 49.2 Å². The Bertz CT molecular complexity index is 274. The number of anilines is 1. The summed E-state index contributed by atoms with van der Waals surface area (Å²) in [6, 6.07) is 2.34. The largest absolute Gasteiger partial charge is 0.395 e. The lowest BCUT2D eigenvalue weighted by molar-refractivity contribution is 0.282. The van der Waals surface area contributed by atoms with Gasteiger partial charge in [0.15, 0.2) is 0 Å². The van der Waals surface area contributed by atoms with E-state index in [4.69, 9.17) is 5.11 Å². The Hall–Kier alpha value is -1.16. The van der Waals surface area contributed by atoms with Crippen LogP contribution in [-0.4, -0.2) is 34.3 Å². The molecular weight excluding hydrogens is 178 g/mol. The molecule has 1 fully saturated rings. The predicted octanol–water partition coefficient (Wildman–Crippen LogP) is 0.828. The zero-order chi connectivity index (χ0) is 9.80. The lowest BCUT2D eigenvalue weighted by Crippen LogP contribution is -2.42. The van der Waals surface area contributed by atoms with Gasteiger partial charge in [0, 0.05) is 25.0 Å². The number of hydrogen-bond acceptors (Lipinski definition) is 4. The summed E-state index contributed by atoms with van der Waals surface area (Å²) in [7, 11) is 0. The van der Waals surface area contributed by atoms with Gasteiger partial charge in [0.2, 0.25) is 5.95 Å². The number of aliphatic hydroxyl groups is 1. The van der Waals surface area contributed by atoms with Gasteiger partial charge >= 0.3 is 0 Å². The maximum atomic E-state index is 8.97. The molecule has 0 atom stereocenters. The van der Waals surface area contributed by atoms with Crippen LogP contribution >= 0.6 is 0 Å². The summed E-state index contributed by atoms with van der Waals surface area (Å²) >= 11 is 0. The molecule has 1 saturated carbocycles. The number of rotatable bonds is 4. The third kappa shape index (κ3) is 1.85. The lowest BCUT2D eigenvalue weighted by Gasteiger charge is -2.37.